The molecule has 3 nitrogen and oxygen atoms in total. The normalized spacial score (nSPS) is 41.7. The summed E-state index contributed by atoms with van der Waals surface area (Å²) in [6.45, 7) is 7.52. The molecule has 122 valence electrons. The number of thioether (sulfide) groups is 1. The van der Waals surface area contributed by atoms with Crippen molar-refractivity contribution >= 4 is 11.8 Å². The Balaban J connectivity index is 1.66. The van der Waals surface area contributed by atoms with Crippen molar-refractivity contribution in [3.63, 3.8) is 0 Å². The van der Waals surface area contributed by atoms with Gasteiger partial charge in [-0.3, -0.25) is 0 Å². The molecule has 0 aromatic carbocycles. The predicted octanol–water partition coefficient (Wildman–Crippen LogP) is 3.08. The van der Waals surface area contributed by atoms with Gasteiger partial charge >= 0.3 is 0 Å². The van der Waals surface area contributed by atoms with Gasteiger partial charge in [-0.05, 0) is 57.2 Å². The van der Waals surface area contributed by atoms with E-state index in [1.165, 1.54) is 43.6 Å². The lowest BCUT2D eigenvalue weighted by Crippen LogP contribution is -2.50. The van der Waals surface area contributed by atoms with E-state index in [9.17, 15) is 0 Å². The Morgan fingerprint density at radius 3 is 2.95 bits per heavy atom. The molecule has 0 amide bonds. The average Bonchev–Trinajstić information content (AvgIpc) is 3.10. The third kappa shape index (κ3) is 3.77. The maximum Gasteiger partial charge on any atom is 0.0783 e. The van der Waals surface area contributed by atoms with Crippen LogP contribution in [0.2, 0.25) is 0 Å². The Bertz CT molecular complexity index is 333. The molecule has 5 unspecified atom stereocenters. The molecule has 0 bridgehead atoms. The van der Waals surface area contributed by atoms with Crippen molar-refractivity contribution in [3.05, 3.63) is 0 Å². The lowest BCUT2D eigenvalue weighted by atomic mass is 9.76. The molecule has 4 heteroatoms. The SMILES string of the molecule is CCCNC(C1COC(C)C1)C1CCOC2(CCSC2)C1. The van der Waals surface area contributed by atoms with Crippen LogP contribution < -0.4 is 5.32 Å². The van der Waals surface area contributed by atoms with E-state index < -0.39 is 0 Å². The van der Waals surface area contributed by atoms with Crippen molar-refractivity contribution in [1.29, 1.82) is 0 Å². The van der Waals surface area contributed by atoms with Gasteiger partial charge in [-0.2, -0.15) is 11.8 Å². The first-order valence-corrected chi connectivity index (χ1v) is 9.94. The Kier molecular flexibility index (Phi) is 5.52. The van der Waals surface area contributed by atoms with Crippen LogP contribution in [0.15, 0.2) is 0 Å². The van der Waals surface area contributed by atoms with E-state index in [0.29, 0.717) is 18.1 Å². The van der Waals surface area contributed by atoms with Gasteiger partial charge < -0.3 is 14.8 Å². The summed E-state index contributed by atoms with van der Waals surface area (Å²) in [5.41, 5.74) is 0.199. The third-order valence-electron chi connectivity index (χ3n) is 5.47. The van der Waals surface area contributed by atoms with E-state index in [-0.39, 0.29) is 5.60 Å². The molecule has 0 aliphatic carbocycles. The molecule has 0 aromatic heterocycles. The lowest BCUT2D eigenvalue weighted by molar-refractivity contribution is -0.0885. The number of nitrogens with one attached hydrogen (secondary N) is 1. The zero-order valence-corrected chi connectivity index (χ0v) is 14.4. The van der Waals surface area contributed by atoms with Crippen molar-refractivity contribution < 1.29 is 9.47 Å². The fourth-order valence-corrected chi connectivity index (χ4v) is 5.74. The van der Waals surface area contributed by atoms with Crippen molar-refractivity contribution in [2.24, 2.45) is 11.8 Å². The van der Waals surface area contributed by atoms with Crippen LogP contribution >= 0.6 is 11.8 Å². The third-order valence-corrected chi connectivity index (χ3v) is 6.70. The van der Waals surface area contributed by atoms with Gasteiger partial charge in [0, 0.05) is 24.3 Å². The summed E-state index contributed by atoms with van der Waals surface area (Å²) in [6, 6.07) is 0.626. The lowest BCUT2D eigenvalue weighted by Gasteiger charge is -2.42. The van der Waals surface area contributed by atoms with Crippen molar-refractivity contribution in [3.8, 4) is 0 Å². The predicted molar refractivity (Wildman–Crippen MR) is 89.0 cm³/mol. The Morgan fingerprint density at radius 1 is 1.38 bits per heavy atom. The highest BCUT2D eigenvalue weighted by atomic mass is 32.2. The molecule has 3 aliphatic rings. The molecule has 3 rings (SSSR count). The van der Waals surface area contributed by atoms with E-state index in [1.807, 2.05) is 0 Å². The van der Waals surface area contributed by atoms with Crippen molar-refractivity contribution in [2.45, 2.75) is 63.7 Å². The molecule has 5 atom stereocenters. The standard InChI is InChI=1S/C17H31NO2S/c1-3-6-18-16(15-9-13(2)19-11-15)14-4-7-20-17(10-14)5-8-21-12-17/h13-16,18H,3-12H2,1-2H3. The fraction of sp³-hybridized carbons (Fsp3) is 1.00. The summed E-state index contributed by atoms with van der Waals surface area (Å²) in [4.78, 5) is 0. The fourth-order valence-electron chi connectivity index (χ4n) is 4.37. The molecule has 3 aliphatic heterocycles. The number of ether oxygens (including phenoxy) is 2. The number of rotatable bonds is 5. The highest BCUT2D eigenvalue weighted by Gasteiger charge is 2.44. The maximum atomic E-state index is 6.22. The first-order valence-electron chi connectivity index (χ1n) is 8.79. The van der Waals surface area contributed by atoms with Gasteiger partial charge in [-0.25, -0.2) is 0 Å². The van der Waals surface area contributed by atoms with Crippen LogP contribution in [0, 0.1) is 11.8 Å². The Labute approximate surface area is 133 Å². The second-order valence-corrected chi connectivity index (χ2v) is 8.31. The quantitative estimate of drug-likeness (QED) is 0.845. The van der Waals surface area contributed by atoms with Gasteiger partial charge in [0.15, 0.2) is 0 Å². The number of hydrogen-bond acceptors (Lipinski definition) is 4. The van der Waals surface area contributed by atoms with Gasteiger partial charge in [0.2, 0.25) is 0 Å². The summed E-state index contributed by atoms with van der Waals surface area (Å²) in [5, 5.41) is 3.87. The highest BCUT2D eigenvalue weighted by molar-refractivity contribution is 7.99. The first kappa shape index (κ1) is 16.1. The molecule has 3 heterocycles. The van der Waals surface area contributed by atoms with Crippen LogP contribution in [0.25, 0.3) is 0 Å². The minimum atomic E-state index is 0.199. The molecular formula is C17H31NO2S. The van der Waals surface area contributed by atoms with Gasteiger partial charge in [-0.15, -0.1) is 0 Å². The van der Waals surface area contributed by atoms with E-state index >= 15 is 0 Å². The summed E-state index contributed by atoms with van der Waals surface area (Å²) < 4.78 is 12.1. The van der Waals surface area contributed by atoms with Crippen LogP contribution in [-0.4, -0.2) is 49.0 Å². The van der Waals surface area contributed by atoms with Crippen LogP contribution in [0.3, 0.4) is 0 Å². The Morgan fingerprint density at radius 2 is 2.29 bits per heavy atom. The number of hydrogen-bond donors (Lipinski definition) is 1. The smallest absolute Gasteiger partial charge is 0.0783 e. The van der Waals surface area contributed by atoms with Crippen molar-refractivity contribution in [2.75, 3.05) is 31.3 Å². The van der Waals surface area contributed by atoms with Gasteiger partial charge in [-0.1, -0.05) is 6.92 Å². The van der Waals surface area contributed by atoms with Crippen LogP contribution in [0.5, 0.6) is 0 Å². The van der Waals surface area contributed by atoms with Crippen LogP contribution in [0.1, 0.15) is 46.0 Å². The monoisotopic (exact) mass is 313 g/mol. The minimum absolute atomic E-state index is 0.199. The highest BCUT2D eigenvalue weighted by Crippen LogP contribution is 2.43. The second kappa shape index (κ2) is 7.20. The summed E-state index contributed by atoms with van der Waals surface area (Å²) >= 11 is 2.07. The van der Waals surface area contributed by atoms with E-state index in [0.717, 1.165) is 25.7 Å². The van der Waals surface area contributed by atoms with Crippen molar-refractivity contribution in [1.82, 2.24) is 5.32 Å². The maximum absolute atomic E-state index is 6.22. The molecule has 3 fully saturated rings. The molecular weight excluding hydrogens is 282 g/mol. The van der Waals surface area contributed by atoms with E-state index in [2.05, 4.69) is 30.9 Å². The molecule has 21 heavy (non-hydrogen) atoms. The topological polar surface area (TPSA) is 30.5 Å². The molecule has 1 spiro atoms. The molecule has 0 saturated carbocycles. The van der Waals surface area contributed by atoms with Crippen LogP contribution in [0.4, 0.5) is 0 Å². The van der Waals surface area contributed by atoms with Crippen LogP contribution in [-0.2, 0) is 9.47 Å². The molecule has 1 N–H and O–H groups in total. The van der Waals surface area contributed by atoms with Gasteiger partial charge in [0.25, 0.3) is 0 Å². The van der Waals surface area contributed by atoms with E-state index in [4.69, 9.17) is 9.47 Å². The molecule has 0 aromatic rings. The zero-order chi connectivity index (χ0) is 14.7. The molecule has 0 radical (unpaired) electrons. The van der Waals surface area contributed by atoms with Gasteiger partial charge in [0.05, 0.1) is 18.3 Å². The largest absolute Gasteiger partial charge is 0.378 e. The van der Waals surface area contributed by atoms with Gasteiger partial charge in [0.1, 0.15) is 0 Å². The summed E-state index contributed by atoms with van der Waals surface area (Å²) in [5.74, 6) is 3.95. The second-order valence-electron chi connectivity index (χ2n) is 7.21. The minimum Gasteiger partial charge on any atom is -0.378 e. The summed E-state index contributed by atoms with van der Waals surface area (Å²) in [6.07, 6.45) is 6.61. The molecule has 3 saturated heterocycles. The average molecular weight is 314 g/mol. The zero-order valence-electron chi connectivity index (χ0n) is 13.6. The van der Waals surface area contributed by atoms with E-state index in [1.54, 1.807) is 0 Å². The Hall–Kier alpha value is 0.230. The first-order chi connectivity index (χ1) is 10.2. The summed E-state index contributed by atoms with van der Waals surface area (Å²) in [7, 11) is 0.